The molecule has 0 aromatic carbocycles. The van der Waals surface area contributed by atoms with Crippen LogP contribution in [0.5, 0.6) is 0 Å². The molecule has 0 spiro atoms. The van der Waals surface area contributed by atoms with Crippen molar-refractivity contribution in [1.82, 2.24) is 20.1 Å². The van der Waals surface area contributed by atoms with E-state index in [0.29, 0.717) is 12.0 Å². The number of aryl methyl sites for hydroxylation is 1. The number of nitrogens with zero attached hydrogens (tertiary/aromatic N) is 3. The van der Waals surface area contributed by atoms with Crippen LogP contribution >= 0.6 is 0 Å². The number of rotatable bonds is 5. The molecule has 0 bridgehead atoms. The maximum atomic E-state index is 5.57. The zero-order chi connectivity index (χ0) is 12.1. The van der Waals surface area contributed by atoms with E-state index in [1.54, 1.807) is 6.33 Å². The quantitative estimate of drug-likeness (QED) is 0.826. The van der Waals surface area contributed by atoms with E-state index in [2.05, 4.69) is 22.3 Å². The van der Waals surface area contributed by atoms with Crippen molar-refractivity contribution in [3.63, 3.8) is 0 Å². The normalized spacial score (nSPS) is 25.1. The summed E-state index contributed by atoms with van der Waals surface area (Å²) in [4.78, 5) is 4.37. The zero-order valence-corrected chi connectivity index (χ0v) is 10.7. The standard InChI is InChI=1S/C12H22N4O/c1-3-5-16-12(14-9-15-16)7-10-8-17-6-4-11(10)13-2/h9-11,13H,3-8H2,1-2H3. The average Bonchev–Trinajstić information content (AvgIpc) is 2.78. The highest BCUT2D eigenvalue weighted by Crippen LogP contribution is 2.18. The van der Waals surface area contributed by atoms with Crippen molar-refractivity contribution in [2.45, 2.75) is 38.8 Å². The smallest absolute Gasteiger partial charge is 0.138 e. The molecule has 0 saturated carbocycles. The Labute approximate surface area is 103 Å². The van der Waals surface area contributed by atoms with Crippen LogP contribution in [0.3, 0.4) is 0 Å². The summed E-state index contributed by atoms with van der Waals surface area (Å²) in [6.45, 7) is 4.80. The average molecular weight is 238 g/mol. The van der Waals surface area contributed by atoms with E-state index in [-0.39, 0.29) is 0 Å². The molecule has 2 unspecified atom stereocenters. The van der Waals surface area contributed by atoms with Crippen LogP contribution < -0.4 is 5.32 Å². The van der Waals surface area contributed by atoms with E-state index in [4.69, 9.17) is 4.74 Å². The summed E-state index contributed by atoms with van der Waals surface area (Å²) in [6, 6.07) is 0.538. The van der Waals surface area contributed by atoms with E-state index < -0.39 is 0 Å². The second kappa shape index (κ2) is 6.12. The van der Waals surface area contributed by atoms with Gasteiger partial charge in [0.1, 0.15) is 12.2 Å². The molecule has 5 nitrogen and oxygen atoms in total. The van der Waals surface area contributed by atoms with Gasteiger partial charge < -0.3 is 10.1 Å². The fourth-order valence-electron chi connectivity index (χ4n) is 2.46. The van der Waals surface area contributed by atoms with Gasteiger partial charge in [0, 0.05) is 31.5 Å². The first-order chi connectivity index (χ1) is 8.35. The first-order valence-electron chi connectivity index (χ1n) is 6.46. The van der Waals surface area contributed by atoms with E-state index >= 15 is 0 Å². The number of ether oxygens (including phenoxy) is 1. The van der Waals surface area contributed by atoms with E-state index in [9.17, 15) is 0 Å². The van der Waals surface area contributed by atoms with Crippen LogP contribution in [0.25, 0.3) is 0 Å². The molecule has 1 aromatic heterocycles. The number of hydrogen-bond donors (Lipinski definition) is 1. The first-order valence-corrected chi connectivity index (χ1v) is 6.46. The van der Waals surface area contributed by atoms with Gasteiger partial charge in [0.05, 0.1) is 6.61 Å². The lowest BCUT2D eigenvalue weighted by atomic mass is 9.92. The zero-order valence-electron chi connectivity index (χ0n) is 10.7. The molecule has 2 rings (SSSR count). The molecule has 0 amide bonds. The molecule has 2 heterocycles. The molecule has 1 fully saturated rings. The Morgan fingerprint density at radius 2 is 2.47 bits per heavy atom. The van der Waals surface area contributed by atoms with Gasteiger partial charge in [-0.05, 0) is 19.9 Å². The lowest BCUT2D eigenvalue weighted by Gasteiger charge is -2.31. The van der Waals surface area contributed by atoms with Gasteiger partial charge >= 0.3 is 0 Å². The topological polar surface area (TPSA) is 52.0 Å². The van der Waals surface area contributed by atoms with Crippen LogP contribution in [0.2, 0.25) is 0 Å². The highest BCUT2D eigenvalue weighted by molar-refractivity contribution is 4.92. The summed E-state index contributed by atoms with van der Waals surface area (Å²) >= 11 is 0. The molecule has 0 radical (unpaired) electrons. The minimum atomic E-state index is 0.508. The molecule has 5 heteroatoms. The van der Waals surface area contributed by atoms with Crippen LogP contribution in [-0.2, 0) is 17.7 Å². The van der Waals surface area contributed by atoms with Crippen LogP contribution in [0.15, 0.2) is 6.33 Å². The van der Waals surface area contributed by atoms with Gasteiger partial charge in [-0.3, -0.25) is 4.68 Å². The molecule has 1 aliphatic rings. The second-order valence-electron chi connectivity index (χ2n) is 4.62. The van der Waals surface area contributed by atoms with E-state index in [0.717, 1.165) is 44.8 Å². The SMILES string of the molecule is CCCn1ncnc1CC1COCCC1NC. The lowest BCUT2D eigenvalue weighted by Crippen LogP contribution is -2.42. The van der Waals surface area contributed by atoms with Crippen LogP contribution in [0.4, 0.5) is 0 Å². The summed E-state index contributed by atoms with van der Waals surface area (Å²) in [5.74, 6) is 1.59. The predicted octanol–water partition coefficient (Wildman–Crippen LogP) is 0.855. The molecule has 1 aromatic rings. The fraction of sp³-hybridized carbons (Fsp3) is 0.833. The van der Waals surface area contributed by atoms with Gasteiger partial charge in [0.15, 0.2) is 0 Å². The Hall–Kier alpha value is -0.940. The Morgan fingerprint density at radius 1 is 1.59 bits per heavy atom. The molecule has 0 aliphatic carbocycles. The van der Waals surface area contributed by atoms with Gasteiger partial charge in [-0.25, -0.2) is 4.98 Å². The Kier molecular flexibility index (Phi) is 4.50. The predicted molar refractivity (Wildman–Crippen MR) is 65.8 cm³/mol. The molecule has 1 aliphatic heterocycles. The Morgan fingerprint density at radius 3 is 3.24 bits per heavy atom. The number of aromatic nitrogens is 3. The summed E-state index contributed by atoms with van der Waals surface area (Å²) in [7, 11) is 2.03. The van der Waals surface area contributed by atoms with Crippen molar-refractivity contribution in [3.05, 3.63) is 12.2 Å². The van der Waals surface area contributed by atoms with Crippen molar-refractivity contribution in [2.75, 3.05) is 20.3 Å². The summed E-state index contributed by atoms with van der Waals surface area (Å²) in [6.07, 6.45) is 4.78. The van der Waals surface area contributed by atoms with Crippen molar-refractivity contribution < 1.29 is 4.74 Å². The molecule has 2 atom stereocenters. The Balaban J connectivity index is 2.00. The van der Waals surface area contributed by atoms with Gasteiger partial charge in [-0.15, -0.1) is 0 Å². The molecular weight excluding hydrogens is 216 g/mol. The highest BCUT2D eigenvalue weighted by Gasteiger charge is 2.26. The molecular formula is C12H22N4O. The third kappa shape index (κ3) is 3.04. The maximum absolute atomic E-state index is 5.57. The largest absolute Gasteiger partial charge is 0.381 e. The second-order valence-corrected chi connectivity index (χ2v) is 4.62. The number of nitrogens with one attached hydrogen (secondary N) is 1. The van der Waals surface area contributed by atoms with Gasteiger partial charge in [0.2, 0.25) is 0 Å². The van der Waals surface area contributed by atoms with Gasteiger partial charge in [-0.1, -0.05) is 6.92 Å². The molecule has 96 valence electrons. The van der Waals surface area contributed by atoms with Gasteiger partial charge in [0.25, 0.3) is 0 Å². The third-order valence-corrected chi connectivity index (χ3v) is 3.42. The van der Waals surface area contributed by atoms with Crippen molar-refractivity contribution in [3.8, 4) is 0 Å². The van der Waals surface area contributed by atoms with Crippen molar-refractivity contribution in [2.24, 2.45) is 5.92 Å². The monoisotopic (exact) mass is 238 g/mol. The van der Waals surface area contributed by atoms with E-state index in [1.807, 2.05) is 11.7 Å². The molecule has 1 saturated heterocycles. The minimum Gasteiger partial charge on any atom is -0.381 e. The fourth-order valence-corrected chi connectivity index (χ4v) is 2.46. The number of hydrogen-bond acceptors (Lipinski definition) is 4. The summed E-state index contributed by atoms with van der Waals surface area (Å²) < 4.78 is 7.58. The van der Waals surface area contributed by atoms with Crippen LogP contribution in [0.1, 0.15) is 25.6 Å². The first kappa shape index (κ1) is 12.5. The van der Waals surface area contributed by atoms with Crippen LogP contribution in [0, 0.1) is 5.92 Å². The third-order valence-electron chi connectivity index (χ3n) is 3.42. The lowest BCUT2D eigenvalue weighted by molar-refractivity contribution is 0.0331. The molecule has 17 heavy (non-hydrogen) atoms. The Bertz CT molecular complexity index is 339. The van der Waals surface area contributed by atoms with Crippen molar-refractivity contribution in [1.29, 1.82) is 0 Å². The van der Waals surface area contributed by atoms with Crippen molar-refractivity contribution >= 4 is 0 Å². The minimum absolute atomic E-state index is 0.508. The highest BCUT2D eigenvalue weighted by atomic mass is 16.5. The van der Waals surface area contributed by atoms with Gasteiger partial charge in [-0.2, -0.15) is 5.10 Å². The maximum Gasteiger partial charge on any atom is 0.138 e. The summed E-state index contributed by atoms with van der Waals surface area (Å²) in [5, 5.41) is 7.65. The molecule has 1 N–H and O–H groups in total. The van der Waals surface area contributed by atoms with Crippen LogP contribution in [-0.4, -0.2) is 41.1 Å². The van der Waals surface area contributed by atoms with E-state index in [1.165, 1.54) is 0 Å². The summed E-state index contributed by atoms with van der Waals surface area (Å²) in [5.41, 5.74) is 0.